The lowest BCUT2D eigenvalue weighted by molar-refractivity contribution is 0.415. The van der Waals surface area contributed by atoms with Crippen LogP contribution >= 0.6 is 34.9 Å². The Morgan fingerprint density at radius 1 is 1.23 bits per heavy atom. The maximum absolute atomic E-state index is 6.00. The number of benzene rings is 1. The number of thioether (sulfide) groups is 1. The Morgan fingerprint density at radius 3 is 2.64 bits per heavy atom. The van der Waals surface area contributed by atoms with Gasteiger partial charge in [0, 0.05) is 29.9 Å². The van der Waals surface area contributed by atoms with Crippen molar-refractivity contribution in [3.8, 4) is 17.1 Å². The van der Waals surface area contributed by atoms with Gasteiger partial charge in [-0.3, -0.25) is 0 Å². The third kappa shape index (κ3) is 3.08. The molecule has 0 bridgehead atoms. The van der Waals surface area contributed by atoms with Gasteiger partial charge in [0.15, 0.2) is 11.0 Å². The molecule has 3 aromatic rings. The van der Waals surface area contributed by atoms with E-state index >= 15 is 0 Å². The molecule has 1 aromatic carbocycles. The molecule has 0 N–H and O–H groups in total. The average molecular weight is 354 g/mol. The van der Waals surface area contributed by atoms with Crippen molar-refractivity contribution < 1.29 is 4.74 Å². The van der Waals surface area contributed by atoms with Gasteiger partial charge in [0.2, 0.25) is 0 Å². The highest BCUT2D eigenvalue weighted by atomic mass is 35.5. The number of ether oxygens (including phenoxy) is 1. The van der Waals surface area contributed by atoms with E-state index in [0.29, 0.717) is 10.1 Å². The summed E-state index contributed by atoms with van der Waals surface area (Å²) in [6.07, 6.45) is 0. The topological polar surface area (TPSA) is 65.7 Å². The van der Waals surface area contributed by atoms with Crippen LogP contribution in [-0.4, -0.2) is 31.5 Å². The van der Waals surface area contributed by atoms with Crippen molar-refractivity contribution in [1.29, 1.82) is 0 Å². The van der Waals surface area contributed by atoms with Crippen molar-refractivity contribution in [2.45, 2.75) is 10.9 Å². The second kappa shape index (κ2) is 6.64. The van der Waals surface area contributed by atoms with Crippen molar-refractivity contribution in [3.05, 3.63) is 34.3 Å². The fourth-order valence-electron chi connectivity index (χ4n) is 1.85. The van der Waals surface area contributed by atoms with Gasteiger partial charge in [0.05, 0.1) is 7.11 Å². The SMILES string of the molecule is COc1ccc(-c2nnc(SCc3nnsc3Cl)n2C)cc1. The van der Waals surface area contributed by atoms with Gasteiger partial charge in [-0.25, -0.2) is 0 Å². The molecule has 0 fully saturated rings. The first-order valence-electron chi connectivity index (χ1n) is 6.32. The van der Waals surface area contributed by atoms with Crippen molar-refractivity contribution in [2.24, 2.45) is 7.05 Å². The highest BCUT2D eigenvalue weighted by Crippen LogP contribution is 2.28. The van der Waals surface area contributed by atoms with E-state index in [0.717, 1.165) is 28.0 Å². The van der Waals surface area contributed by atoms with Gasteiger partial charge >= 0.3 is 0 Å². The molecule has 0 aliphatic heterocycles. The van der Waals surface area contributed by atoms with Crippen LogP contribution in [0.25, 0.3) is 11.4 Å². The highest BCUT2D eigenvalue weighted by Gasteiger charge is 2.13. The molecular formula is C13H12ClN5OS2. The van der Waals surface area contributed by atoms with Crippen molar-refractivity contribution >= 4 is 34.9 Å². The molecule has 0 saturated carbocycles. The molecule has 2 heterocycles. The smallest absolute Gasteiger partial charge is 0.191 e. The summed E-state index contributed by atoms with van der Waals surface area (Å²) >= 11 is 8.71. The first-order chi connectivity index (χ1) is 10.7. The predicted molar refractivity (Wildman–Crippen MR) is 87.5 cm³/mol. The van der Waals surface area contributed by atoms with Crippen LogP contribution in [0, 0.1) is 0 Å². The van der Waals surface area contributed by atoms with Crippen molar-refractivity contribution in [1.82, 2.24) is 24.4 Å². The van der Waals surface area contributed by atoms with Crippen molar-refractivity contribution in [3.63, 3.8) is 0 Å². The van der Waals surface area contributed by atoms with Gasteiger partial charge in [-0.05, 0) is 24.3 Å². The summed E-state index contributed by atoms with van der Waals surface area (Å²) in [4.78, 5) is 0. The fourth-order valence-corrected chi connectivity index (χ4v) is 3.49. The molecular weight excluding hydrogens is 342 g/mol. The zero-order valence-electron chi connectivity index (χ0n) is 11.9. The van der Waals surface area contributed by atoms with Crippen molar-refractivity contribution in [2.75, 3.05) is 7.11 Å². The Bertz CT molecular complexity index is 771. The lowest BCUT2D eigenvalue weighted by Crippen LogP contribution is -1.95. The third-order valence-corrected chi connectivity index (χ3v) is 5.05. The van der Waals surface area contributed by atoms with Crippen LogP contribution in [0.15, 0.2) is 29.4 Å². The van der Waals surface area contributed by atoms with E-state index in [2.05, 4.69) is 19.8 Å². The minimum Gasteiger partial charge on any atom is -0.497 e. The quantitative estimate of drug-likeness (QED) is 0.656. The Hall–Kier alpha value is -1.64. The second-order valence-electron chi connectivity index (χ2n) is 4.38. The Balaban J connectivity index is 1.77. The summed E-state index contributed by atoms with van der Waals surface area (Å²) in [6, 6.07) is 7.71. The van der Waals surface area contributed by atoms with Crippen LogP contribution in [0.2, 0.25) is 4.34 Å². The zero-order valence-corrected chi connectivity index (χ0v) is 14.2. The summed E-state index contributed by atoms with van der Waals surface area (Å²) in [5.41, 5.74) is 1.75. The van der Waals surface area contributed by atoms with E-state index in [1.54, 1.807) is 7.11 Å². The molecule has 3 rings (SSSR count). The first-order valence-corrected chi connectivity index (χ1v) is 8.46. The molecule has 0 spiro atoms. The van der Waals surface area contributed by atoms with Crippen LogP contribution in [0.3, 0.4) is 0 Å². The van der Waals surface area contributed by atoms with E-state index in [4.69, 9.17) is 16.3 Å². The molecule has 114 valence electrons. The lowest BCUT2D eigenvalue weighted by atomic mass is 10.2. The monoisotopic (exact) mass is 353 g/mol. The highest BCUT2D eigenvalue weighted by molar-refractivity contribution is 7.98. The third-order valence-electron chi connectivity index (χ3n) is 3.03. The van der Waals surface area contributed by atoms with E-state index in [-0.39, 0.29) is 0 Å². The summed E-state index contributed by atoms with van der Waals surface area (Å²) in [7, 11) is 3.58. The molecule has 0 unspecified atom stereocenters. The number of nitrogens with zero attached hydrogens (tertiary/aromatic N) is 5. The maximum Gasteiger partial charge on any atom is 0.191 e. The largest absolute Gasteiger partial charge is 0.497 e. The normalized spacial score (nSPS) is 10.9. The van der Waals surface area contributed by atoms with Crippen LogP contribution in [0.4, 0.5) is 0 Å². The minimum absolute atomic E-state index is 0.615. The van der Waals surface area contributed by atoms with Crippen LogP contribution in [0.1, 0.15) is 5.69 Å². The summed E-state index contributed by atoms with van der Waals surface area (Å²) in [5, 5.41) is 13.3. The van der Waals surface area contributed by atoms with Gasteiger partial charge in [-0.2, -0.15) is 0 Å². The minimum atomic E-state index is 0.615. The summed E-state index contributed by atoms with van der Waals surface area (Å²) in [5.74, 6) is 2.23. The number of methoxy groups -OCH3 is 1. The van der Waals surface area contributed by atoms with E-state index in [1.807, 2.05) is 35.9 Å². The first kappa shape index (κ1) is 15.3. The summed E-state index contributed by atoms with van der Waals surface area (Å²) < 4.78 is 11.5. The van der Waals surface area contributed by atoms with Crippen LogP contribution < -0.4 is 4.74 Å². The standard InChI is InChI=1S/C13H12ClN5OS2/c1-19-12(8-3-5-9(20-2)6-4-8)16-17-13(19)21-7-10-11(14)22-18-15-10/h3-6H,7H2,1-2H3. The molecule has 0 aliphatic rings. The van der Waals surface area contributed by atoms with Gasteiger partial charge < -0.3 is 9.30 Å². The number of aromatic nitrogens is 5. The Kier molecular flexibility index (Phi) is 4.60. The number of hydrogen-bond donors (Lipinski definition) is 0. The average Bonchev–Trinajstić information content (AvgIpc) is 3.11. The predicted octanol–water partition coefficient (Wildman–Crippen LogP) is 3.29. The fraction of sp³-hybridized carbons (Fsp3) is 0.231. The van der Waals surface area contributed by atoms with Gasteiger partial charge in [0.1, 0.15) is 15.8 Å². The van der Waals surface area contributed by atoms with Gasteiger partial charge in [-0.15, -0.1) is 15.3 Å². The molecule has 0 radical (unpaired) electrons. The lowest BCUT2D eigenvalue weighted by Gasteiger charge is -2.04. The molecule has 2 aromatic heterocycles. The molecule has 0 atom stereocenters. The van der Waals surface area contributed by atoms with Gasteiger partial charge in [-0.1, -0.05) is 27.9 Å². The summed E-state index contributed by atoms with van der Waals surface area (Å²) in [6.45, 7) is 0. The molecule has 22 heavy (non-hydrogen) atoms. The number of hydrogen-bond acceptors (Lipinski definition) is 7. The molecule has 0 saturated heterocycles. The molecule has 0 amide bonds. The molecule has 9 heteroatoms. The Labute approximate surface area is 140 Å². The van der Waals surface area contributed by atoms with E-state index in [9.17, 15) is 0 Å². The second-order valence-corrected chi connectivity index (χ2v) is 6.67. The zero-order chi connectivity index (χ0) is 15.5. The molecule has 6 nitrogen and oxygen atoms in total. The number of halogens is 1. The van der Waals surface area contributed by atoms with Gasteiger partial charge in [0.25, 0.3) is 0 Å². The number of rotatable bonds is 5. The van der Waals surface area contributed by atoms with Crippen LogP contribution in [-0.2, 0) is 12.8 Å². The van der Waals surface area contributed by atoms with E-state index < -0.39 is 0 Å². The van der Waals surface area contributed by atoms with Crippen LogP contribution in [0.5, 0.6) is 5.75 Å². The molecule has 0 aliphatic carbocycles. The maximum atomic E-state index is 6.00. The van der Waals surface area contributed by atoms with E-state index in [1.165, 1.54) is 23.3 Å². The Morgan fingerprint density at radius 2 is 2.00 bits per heavy atom.